The normalized spacial score (nSPS) is 12.3. The number of thiophene rings is 1. The van der Waals surface area contributed by atoms with Gasteiger partial charge in [-0.3, -0.25) is 4.68 Å². The molecule has 0 aliphatic heterocycles. The fourth-order valence-corrected chi connectivity index (χ4v) is 3.29. The summed E-state index contributed by atoms with van der Waals surface area (Å²) in [6.45, 7) is 10.8. The van der Waals surface area contributed by atoms with Crippen LogP contribution in [-0.4, -0.2) is 16.3 Å². The summed E-state index contributed by atoms with van der Waals surface area (Å²) >= 11 is 1.83. The van der Waals surface area contributed by atoms with Crippen LogP contribution >= 0.6 is 11.3 Å². The Morgan fingerprint density at radius 2 is 2.15 bits per heavy atom. The first-order valence-corrected chi connectivity index (χ1v) is 8.05. The Morgan fingerprint density at radius 3 is 2.75 bits per heavy atom. The van der Waals surface area contributed by atoms with E-state index in [9.17, 15) is 0 Å². The van der Waals surface area contributed by atoms with Crippen LogP contribution in [0, 0.1) is 0 Å². The highest BCUT2D eigenvalue weighted by atomic mass is 32.1. The minimum atomic E-state index is 0.175. The molecule has 110 valence electrons. The molecule has 0 bridgehead atoms. The molecular formula is C16H25N3S. The van der Waals surface area contributed by atoms with Crippen LogP contribution in [0.1, 0.15) is 49.7 Å². The number of aryl methyl sites for hydroxylation is 1. The molecule has 0 saturated heterocycles. The summed E-state index contributed by atoms with van der Waals surface area (Å²) < 4.78 is 1.91. The van der Waals surface area contributed by atoms with E-state index in [2.05, 4.69) is 61.8 Å². The first-order valence-electron chi connectivity index (χ1n) is 7.17. The van der Waals surface area contributed by atoms with Gasteiger partial charge in [0.2, 0.25) is 0 Å². The first kappa shape index (κ1) is 15.3. The molecule has 0 atom stereocenters. The van der Waals surface area contributed by atoms with Crippen LogP contribution < -0.4 is 5.32 Å². The molecule has 2 heterocycles. The zero-order chi connectivity index (χ0) is 14.8. The second-order valence-electron chi connectivity index (χ2n) is 6.33. The van der Waals surface area contributed by atoms with Crippen molar-refractivity contribution in [3.63, 3.8) is 0 Å². The number of nitrogens with one attached hydrogen (secondary N) is 1. The lowest BCUT2D eigenvalue weighted by Crippen LogP contribution is -2.32. The van der Waals surface area contributed by atoms with E-state index in [-0.39, 0.29) is 5.41 Å². The van der Waals surface area contributed by atoms with E-state index in [1.807, 2.05) is 23.1 Å². The van der Waals surface area contributed by atoms with Gasteiger partial charge in [-0.2, -0.15) is 5.10 Å². The van der Waals surface area contributed by atoms with Gasteiger partial charge >= 0.3 is 0 Å². The topological polar surface area (TPSA) is 29.9 Å². The third-order valence-electron chi connectivity index (χ3n) is 3.55. The summed E-state index contributed by atoms with van der Waals surface area (Å²) in [5.41, 5.74) is 2.69. The largest absolute Gasteiger partial charge is 0.312 e. The van der Waals surface area contributed by atoms with E-state index in [1.54, 1.807) is 0 Å². The summed E-state index contributed by atoms with van der Waals surface area (Å²) in [6.07, 6.45) is 2.13. The quantitative estimate of drug-likeness (QED) is 0.880. The second-order valence-corrected chi connectivity index (χ2v) is 7.28. The van der Waals surface area contributed by atoms with Gasteiger partial charge in [-0.1, -0.05) is 33.8 Å². The molecule has 3 nitrogen and oxygen atoms in total. The fourth-order valence-electron chi connectivity index (χ4n) is 2.44. The van der Waals surface area contributed by atoms with Crippen molar-refractivity contribution >= 4 is 11.3 Å². The molecule has 1 N–H and O–H groups in total. The van der Waals surface area contributed by atoms with Crippen molar-refractivity contribution < 1.29 is 0 Å². The van der Waals surface area contributed by atoms with Crippen molar-refractivity contribution in [2.24, 2.45) is 7.05 Å². The maximum atomic E-state index is 4.55. The fraction of sp³-hybridized carbons (Fsp3) is 0.562. The van der Waals surface area contributed by atoms with Crippen molar-refractivity contribution in [1.29, 1.82) is 0 Å². The maximum Gasteiger partial charge on any atom is 0.0694 e. The van der Waals surface area contributed by atoms with Gasteiger partial charge < -0.3 is 5.32 Å². The molecular weight excluding hydrogens is 266 g/mol. The van der Waals surface area contributed by atoms with Crippen LogP contribution in [0.5, 0.6) is 0 Å². The van der Waals surface area contributed by atoms with E-state index in [0.29, 0.717) is 5.92 Å². The molecule has 2 aromatic rings. The van der Waals surface area contributed by atoms with Gasteiger partial charge in [0.25, 0.3) is 0 Å². The van der Waals surface area contributed by atoms with Crippen molar-refractivity contribution in [1.82, 2.24) is 15.1 Å². The lowest BCUT2D eigenvalue weighted by molar-refractivity contribution is 0.476. The third kappa shape index (κ3) is 3.49. The van der Waals surface area contributed by atoms with Crippen LogP contribution in [0.4, 0.5) is 0 Å². The molecule has 0 amide bonds. The third-order valence-corrected chi connectivity index (χ3v) is 4.79. The molecule has 0 saturated carbocycles. The van der Waals surface area contributed by atoms with Crippen LogP contribution in [0.2, 0.25) is 0 Å². The van der Waals surface area contributed by atoms with Crippen molar-refractivity contribution in [2.45, 2.75) is 45.6 Å². The molecule has 0 unspecified atom stereocenters. The Labute approximate surface area is 126 Å². The zero-order valence-electron chi connectivity index (χ0n) is 13.1. The van der Waals surface area contributed by atoms with E-state index < -0.39 is 0 Å². The molecule has 0 aromatic carbocycles. The molecule has 0 spiro atoms. The van der Waals surface area contributed by atoms with Gasteiger partial charge in [0.1, 0.15) is 0 Å². The monoisotopic (exact) mass is 291 g/mol. The van der Waals surface area contributed by atoms with Gasteiger partial charge in [-0.25, -0.2) is 0 Å². The van der Waals surface area contributed by atoms with Crippen molar-refractivity contribution in [3.05, 3.63) is 39.8 Å². The van der Waals surface area contributed by atoms with Gasteiger partial charge in [0, 0.05) is 42.2 Å². The Kier molecular flexibility index (Phi) is 4.66. The van der Waals surface area contributed by atoms with E-state index in [0.717, 1.165) is 13.1 Å². The first-order chi connectivity index (χ1) is 9.40. The lowest BCUT2D eigenvalue weighted by Gasteiger charge is -2.23. The average Bonchev–Trinajstić information content (AvgIpc) is 2.98. The van der Waals surface area contributed by atoms with E-state index in [1.165, 1.54) is 16.1 Å². The summed E-state index contributed by atoms with van der Waals surface area (Å²) in [5.74, 6) is 0.471. The molecule has 0 radical (unpaired) electrons. The summed E-state index contributed by atoms with van der Waals surface area (Å²) in [5, 5.41) is 10.3. The predicted molar refractivity (Wildman–Crippen MR) is 86.3 cm³/mol. The molecule has 2 aromatic heterocycles. The number of hydrogen-bond acceptors (Lipinski definition) is 3. The standard InChI is InChI=1S/C16H25N3S/c1-12(2)15-13(10-19(5)18-15)9-17-11-16(3,4)14-7-6-8-20-14/h6-8,10,12,17H,9,11H2,1-5H3. The van der Waals surface area contributed by atoms with Crippen molar-refractivity contribution in [2.75, 3.05) is 6.54 Å². The Hall–Kier alpha value is -1.13. The lowest BCUT2D eigenvalue weighted by atomic mass is 9.91. The average molecular weight is 291 g/mol. The number of hydrogen-bond donors (Lipinski definition) is 1. The molecule has 0 fully saturated rings. The second kappa shape index (κ2) is 6.10. The number of rotatable bonds is 6. The molecule has 0 aliphatic rings. The Bertz CT molecular complexity index is 538. The Morgan fingerprint density at radius 1 is 1.40 bits per heavy atom. The highest BCUT2D eigenvalue weighted by Crippen LogP contribution is 2.26. The smallest absolute Gasteiger partial charge is 0.0694 e. The molecule has 2 rings (SSSR count). The molecule has 0 aliphatic carbocycles. The number of aromatic nitrogens is 2. The zero-order valence-corrected chi connectivity index (χ0v) is 13.9. The minimum Gasteiger partial charge on any atom is -0.312 e. The van der Waals surface area contributed by atoms with E-state index >= 15 is 0 Å². The van der Waals surface area contributed by atoms with Gasteiger partial charge in [0.05, 0.1) is 5.69 Å². The summed E-state index contributed by atoms with van der Waals surface area (Å²) in [6, 6.07) is 4.34. The Balaban J connectivity index is 1.96. The molecule has 4 heteroatoms. The summed E-state index contributed by atoms with van der Waals surface area (Å²) in [4.78, 5) is 1.43. The highest BCUT2D eigenvalue weighted by Gasteiger charge is 2.21. The van der Waals surface area contributed by atoms with Crippen LogP contribution in [0.25, 0.3) is 0 Å². The maximum absolute atomic E-state index is 4.55. The SMILES string of the molecule is CC(C)c1nn(C)cc1CNCC(C)(C)c1cccs1. The van der Waals surface area contributed by atoms with Gasteiger partial charge in [-0.15, -0.1) is 11.3 Å². The summed E-state index contributed by atoms with van der Waals surface area (Å²) in [7, 11) is 1.99. The molecule has 20 heavy (non-hydrogen) atoms. The van der Waals surface area contributed by atoms with Crippen molar-refractivity contribution in [3.8, 4) is 0 Å². The predicted octanol–water partition coefficient (Wildman–Crippen LogP) is 3.67. The van der Waals surface area contributed by atoms with Gasteiger partial charge in [0.15, 0.2) is 0 Å². The van der Waals surface area contributed by atoms with Crippen LogP contribution in [0.3, 0.4) is 0 Å². The van der Waals surface area contributed by atoms with E-state index in [4.69, 9.17) is 0 Å². The number of nitrogens with zero attached hydrogens (tertiary/aromatic N) is 2. The van der Waals surface area contributed by atoms with Crippen LogP contribution in [-0.2, 0) is 19.0 Å². The minimum absolute atomic E-state index is 0.175. The van der Waals surface area contributed by atoms with Crippen LogP contribution in [0.15, 0.2) is 23.7 Å². The van der Waals surface area contributed by atoms with Gasteiger partial charge in [-0.05, 0) is 17.4 Å². The highest BCUT2D eigenvalue weighted by molar-refractivity contribution is 7.10.